The number of nitrogens with zero attached hydrogens (tertiary/aromatic N) is 4. The molecule has 0 aliphatic carbocycles. The summed E-state index contributed by atoms with van der Waals surface area (Å²) in [6.45, 7) is 2.25. The first-order valence-corrected chi connectivity index (χ1v) is 12.3. The van der Waals surface area contributed by atoms with Crippen molar-refractivity contribution in [2.24, 2.45) is 5.10 Å². The molecule has 4 aromatic rings. The van der Waals surface area contributed by atoms with Crippen LogP contribution in [0.25, 0.3) is 5.69 Å². The van der Waals surface area contributed by atoms with E-state index in [0.717, 1.165) is 22.6 Å². The Morgan fingerprint density at radius 3 is 2.57 bits per heavy atom. The molecule has 0 saturated carbocycles. The van der Waals surface area contributed by atoms with Crippen LogP contribution in [0.1, 0.15) is 17.0 Å². The van der Waals surface area contributed by atoms with Crippen LogP contribution in [0, 0.1) is 6.92 Å². The Bertz CT molecular complexity index is 1330. The number of benzene rings is 3. The van der Waals surface area contributed by atoms with Crippen LogP contribution in [0.4, 0.5) is 0 Å². The highest BCUT2D eigenvalue weighted by Gasteiger charge is 2.16. The van der Waals surface area contributed by atoms with Crippen LogP contribution in [-0.2, 0) is 11.4 Å². The minimum Gasteiger partial charge on any atom is -0.486 e. The van der Waals surface area contributed by atoms with E-state index >= 15 is 0 Å². The van der Waals surface area contributed by atoms with Crippen LogP contribution in [0.5, 0.6) is 5.75 Å². The Morgan fingerprint density at radius 2 is 1.83 bits per heavy atom. The van der Waals surface area contributed by atoms with Gasteiger partial charge in [-0.15, -0.1) is 10.2 Å². The molecule has 4 rings (SSSR count). The molecule has 0 unspecified atom stereocenters. The fraction of sp³-hybridized carbons (Fsp3) is 0.120. The zero-order valence-corrected chi connectivity index (χ0v) is 21.0. The number of ether oxygens (including phenoxy) is 1. The predicted octanol–water partition coefficient (Wildman–Crippen LogP) is 5.70. The fourth-order valence-electron chi connectivity index (χ4n) is 3.04. The predicted molar refractivity (Wildman–Crippen MR) is 140 cm³/mol. The number of rotatable bonds is 9. The van der Waals surface area contributed by atoms with Gasteiger partial charge in [0.15, 0.2) is 11.0 Å². The van der Waals surface area contributed by atoms with Gasteiger partial charge in [0, 0.05) is 5.69 Å². The number of hydrogen-bond acceptors (Lipinski definition) is 6. The molecule has 178 valence electrons. The summed E-state index contributed by atoms with van der Waals surface area (Å²) in [5, 5.41) is 14.0. The van der Waals surface area contributed by atoms with Gasteiger partial charge < -0.3 is 4.74 Å². The van der Waals surface area contributed by atoms with Crippen molar-refractivity contribution in [3.8, 4) is 11.4 Å². The number of para-hydroxylation sites is 1. The molecule has 0 bridgehead atoms. The summed E-state index contributed by atoms with van der Waals surface area (Å²) in [6, 6.07) is 22.6. The first-order valence-electron chi connectivity index (χ1n) is 10.6. The van der Waals surface area contributed by atoms with Crippen LogP contribution >= 0.6 is 35.0 Å². The first-order chi connectivity index (χ1) is 17.0. The third-order valence-corrected chi connectivity index (χ3v) is 6.45. The van der Waals surface area contributed by atoms with Crippen LogP contribution in [-0.4, -0.2) is 32.6 Å². The number of hydrazone groups is 1. The Hall–Kier alpha value is -3.33. The van der Waals surface area contributed by atoms with E-state index < -0.39 is 0 Å². The Labute approximate surface area is 217 Å². The molecule has 1 amide bonds. The van der Waals surface area contributed by atoms with E-state index in [-0.39, 0.29) is 18.3 Å². The average molecular weight is 526 g/mol. The van der Waals surface area contributed by atoms with Crippen molar-refractivity contribution in [2.75, 3.05) is 5.75 Å². The van der Waals surface area contributed by atoms with Gasteiger partial charge in [-0.25, -0.2) is 5.43 Å². The van der Waals surface area contributed by atoms with Crippen molar-refractivity contribution in [3.63, 3.8) is 0 Å². The van der Waals surface area contributed by atoms with Crippen molar-refractivity contribution >= 4 is 47.1 Å². The molecule has 0 fully saturated rings. The van der Waals surface area contributed by atoms with E-state index in [1.54, 1.807) is 18.2 Å². The summed E-state index contributed by atoms with van der Waals surface area (Å²) >= 11 is 13.2. The van der Waals surface area contributed by atoms with Crippen LogP contribution in [0.3, 0.4) is 0 Å². The highest BCUT2D eigenvalue weighted by Crippen LogP contribution is 2.24. The van der Waals surface area contributed by atoms with Gasteiger partial charge in [-0.05, 0) is 48.9 Å². The molecule has 0 aliphatic rings. The minimum atomic E-state index is -0.286. The number of carbonyl (C=O) groups excluding carboxylic acids is 1. The highest BCUT2D eigenvalue weighted by atomic mass is 35.5. The van der Waals surface area contributed by atoms with Gasteiger partial charge in [-0.2, -0.15) is 5.10 Å². The third kappa shape index (κ3) is 6.85. The van der Waals surface area contributed by atoms with Gasteiger partial charge in [0.25, 0.3) is 5.91 Å². The van der Waals surface area contributed by atoms with Gasteiger partial charge in [-0.3, -0.25) is 9.36 Å². The Balaban J connectivity index is 1.41. The standard InChI is InChI=1S/C25H21Cl2N5O2S/c1-17-7-10-20(11-8-17)34-15-23-29-31-25(32(23)19-5-3-2-4-6-19)35-16-24(33)30-28-14-18-9-12-21(26)22(27)13-18/h2-14H,15-16H2,1H3,(H,30,33). The van der Waals surface area contributed by atoms with E-state index in [4.69, 9.17) is 27.9 Å². The topological polar surface area (TPSA) is 81.4 Å². The Kier molecular flexibility index (Phi) is 8.41. The molecule has 3 aromatic carbocycles. The lowest BCUT2D eigenvalue weighted by molar-refractivity contribution is -0.118. The van der Waals surface area contributed by atoms with Crippen molar-refractivity contribution in [1.29, 1.82) is 0 Å². The first kappa shape index (κ1) is 24.8. The highest BCUT2D eigenvalue weighted by molar-refractivity contribution is 7.99. The summed E-state index contributed by atoms with van der Waals surface area (Å²) in [5.41, 5.74) is 5.25. The molecule has 1 heterocycles. The largest absolute Gasteiger partial charge is 0.486 e. The molecule has 0 radical (unpaired) electrons. The van der Waals surface area contributed by atoms with Crippen LogP contribution in [0.15, 0.2) is 83.1 Å². The van der Waals surface area contributed by atoms with Crippen molar-refractivity contribution in [1.82, 2.24) is 20.2 Å². The van der Waals surface area contributed by atoms with E-state index in [1.165, 1.54) is 18.0 Å². The second-order valence-corrected chi connectivity index (χ2v) is 9.18. The summed E-state index contributed by atoms with van der Waals surface area (Å²) < 4.78 is 7.79. The third-order valence-electron chi connectivity index (χ3n) is 4.78. The number of nitrogens with one attached hydrogen (secondary N) is 1. The van der Waals surface area contributed by atoms with E-state index in [2.05, 4.69) is 20.7 Å². The number of aromatic nitrogens is 3. The molecule has 35 heavy (non-hydrogen) atoms. The van der Waals surface area contributed by atoms with Gasteiger partial charge in [0.05, 0.1) is 22.0 Å². The maximum atomic E-state index is 12.3. The quantitative estimate of drug-likeness (QED) is 0.172. The van der Waals surface area contributed by atoms with E-state index in [0.29, 0.717) is 21.0 Å². The second-order valence-electron chi connectivity index (χ2n) is 7.43. The lowest BCUT2D eigenvalue weighted by atomic mass is 10.2. The molecule has 1 aromatic heterocycles. The number of amides is 1. The molecule has 0 atom stereocenters. The van der Waals surface area contributed by atoms with Crippen molar-refractivity contribution in [3.05, 3.63) is 99.8 Å². The van der Waals surface area contributed by atoms with E-state index in [9.17, 15) is 4.79 Å². The molecule has 7 nitrogen and oxygen atoms in total. The maximum absolute atomic E-state index is 12.3. The lowest BCUT2D eigenvalue weighted by Crippen LogP contribution is -2.20. The van der Waals surface area contributed by atoms with Crippen LogP contribution < -0.4 is 10.2 Å². The number of thioether (sulfide) groups is 1. The maximum Gasteiger partial charge on any atom is 0.250 e. The fourth-order valence-corrected chi connectivity index (χ4v) is 4.11. The van der Waals surface area contributed by atoms with Crippen molar-refractivity contribution < 1.29 is 9.53 Å². The lowest BCUT2D eigenvalue weighted by Gasteiger charge is -2.11. The van der Waals surface area contributed by atoms with Gasteiger partial charge in [-0.1, -0.05) is 76.9 Å². The summed E-state index contributed by atoms with van der Waals surface area (Å²) in [5.74, 6) is 1.18. The second kappa shape index (κ2) is 11.9. The van der Waals surface area contributed by atoms with Gasteiger partial charge in [0.2, 0.25) is 0 Å². The zero-order chi connectivity index (χ0) is 24.6. The molecule has 0 saturated heterocycles. The zero-order valence-electron chi connectivity index (χ0n) is 18.7. The normalized spacial score (nSPS) is 11.1. The molecule has 0 aliphatic heterocycles. The number of aryl methyl sites for hydroxylation is 1. The smallest absolute Gasteiger partial charge is 0.250 e. The van der Waals surface area contributed by atoms with E-state index in [1.807, 2.05) is 66.1 Å². The summed E-state index contributed by atoms with van der Waals surface area (Å²) in [7, 11) is 0. The Morgan fingerprint density at radius 1 is 1.06 bits per heavy atom. The number of halogens is 2. The average Bonchev–Trinajstić information content (AvgIpc) is 3.28. The minimum absolute atomic E-state index is 0.0997. The molecule has 1 N–H and O–H groups in total. The molecular formula is C25H21Cl2N5O2S. The monoisotopic (exact) mass is 525 g/mol. The number of hydrogen-bond donors (Lipinski definition) is 1. The van der Waals surface area contributed by atoms with Gasteiger partial charge >= 0.3 is 0 Å². The molecular weight excluding hydrogens is 505 g/mol. The van der Waals surface area contributed by atoms with Gasteiger partial charge in [0.1, 0.15) is 12.4 Å². The number of carbonyl (C=O) groups is 1. The molecule has 10 heteroatoms. The molecule has 0 spiro atoms. The summed E-state index contributed by atoms with van der Waals surface area (Å²) in [6.07, 6.45) is 1.50. The summed E-state index contributed by atoms with van der Waals surface area (Å²) in [4.78, 5) is 12.3. The van der Waals surface area contributed by atoms with Crippen molar-refractivity contribution in [2.45, 2.75) is 18.7 Å². The van der Waals surface area contributed by atoms with Crippen LogP contribution in [0.2, 0.25) is 10.0 Å². The SMILES string of the molecule is Cc1ccc(OCc2nnc(SCC(=O)NN=Cc3ccc(Cl)c(Cl)c3)n2-c2ccccc2)cc1.